The Kier molecular flexibility index (Phi) is 5.30. The molecule has 16 heavy (non-hydrogen) atoms. The molecule has 1 heterocycles. The molecule has 1 radical (unpaired) electrons. The van der Waals surface area contributed by atoms with Gasteiger partial charge in [0, 0.05) is 25.8 Å². The number of benzene rings is 1. The minimum Gasteiger partial charge on any atom is -0.255 e. The van der Waals surface area contributed by atoms with E-state index >= 15 is 0 Å². The fourth-order valence-electron chi connectivity index (χ4n) is 1.44. The molecule has 1 aromatic carbocycles. The number of aromatic nitrogens is 1. The van der Waals surface area contributed by atoms with Crippen LogP contribution in [0.5, 0.6) is 0 Å². The zero-order chi connectivity index (χ0) is 10.5. The van der Waals surface area contributed by atoms with E-state index in [0.29, 0.717) is 12.1 Å². The molecule has 0 fully saturated rings. The molecule has 1 aromatic heterocycles. The van der Waals surface area contributed by atoms with E-state index in [1.807, 2.05) is 36.4 Å². The van der Waals surface area contributed by atoms with E-state index in [-0.39, 0.29) is 20.1 Å². The summed E-state index contributed by atoms with van der Waals surface area (Å²) in [6.07, 6.45) is 0.703. The molecule has 0 saturated heterocycles. The Bertz CT molecular complexity index is 431. The van der Waals surface area contributed by atoms with Gasteiger partial charge in [-0.25, -0.2) is 4.39 Å². The molecule has 2 rings (SSSR count). The standard InChI is InChI=1S/C13H11FN.Ir/c14-10-13-8-4-7-12(15-13)9-11-5-2-1-3-6-11;/h1-5,7-8H,9-10H2;/q-1;. The molecule has 0 aliphatic heterocycles. The van der Waals surface area contributed by atoms with E-state index in [4.69, 9.17) is 0 Å². The van der Waals surface area contributed by atoms with Gasteiger partial charge in [-0.05, 0) is 18.6 Å². The first kappa shape index (κ1) is 13.0. The van der Waals surface area contributed by atoms with Gasteiger partial charge in [-0.15, -0.1) is 0 Å². The number of halogens is 1. The quantitative estimate of drug-likeness (QED) is 0.732. The summed E-state index contributed by atoms with van der Waals surface area (Å²) in [6.45, 7) is -0.508. The van der Waals surface area contributed by atoms with Gasteiger partial charge in [0.15, 0.2) is 0 Å². The normalized spacial score (nSPS) is 9.56. The van der Waals surface area contributed by atoms with Crippen LogP contribution < -0.4 is 0 Å². The predicted molar refractivity (Wildman–Crippen MR) is 57.1 cm³/mol. The van der Waals surface area contributed by atoms with E-state index in [1.54, 1.807) is 6.07 Å². The third kappa shape index (κ3) is 3.51. The van der Waals surface area contributed by atoms with Crippen LogP contribution in [-0.2, 0) is 33.2 Å². The monoisotopic (exact) mass is 393 g/mol. The zero-order valence-electron chi connectivity index (χ0n) is 8.61. The van der Waals surface area contributed by atoms with Crippen molar-refractivity contribution in [1.29, 1.82) is 0 Å². The Balaban J connectivity index is 0.00000128. The first-order valence-corrected chi connectivity index (χ1v) is 4.85. The molecule has 0 spiro atoms. The average molecular weight is 392 g/mol. The average Bonchev–Trinajstić information content (AvgIpc) is 2.31. The molecule has 0 atom stereocenters. The second-order valence-corrected chi connectivity index (χ2v) is 3.32. The van der Waals surface area contributed by atoms with Crippen molar-refractivity contribution in [2.75, 3.05) is 0 Å². The van der Waals surface area contributed by atoms with Crippen LogP contribution in [0.25, 0.3) is 0 Å². The van der Waals surface area contributed by atoms with Crippen molar-refractivity contribution < 1.29 is 24.5 Å². The summed E-state index contributed by atoms with van der Waals surface area (Å²) >= 11 is 0. The molecule has 85 valence electrons. The smallest absolute Gasteiger partial charge is 0.131 e. The summed E-state index contributed by atoms with van der Waals surface area (Å²) in [6, 6.07) is 16.3. The molecule has 0 amide bonds. The van der Waals surface area contributed by atoms with Gasteiger partial charge in [0.05, 0.1) is 5.69 Å². The summed E-state index contributed by atoms with van der Waals surface area (Å²) in [5.41, 5.74) is 2.44. The number of pyridine rings is 1. The number of alkyl halides is 1. The van der Waals surface area contributed by atoms with Crippen LogP contribution in [-0.4, -0.2) is 4.98 Å². The van der Waals surface area contributed by atoms with E-state index in [1.165, 1.54) is 0 Å². The van der Waals surface area contributed by atoms with Gasteiger partial charge in [-0.3, -0.25) is 4.98 Å². The molecule has 0 aliphatic carbocycles. The number of rotatable bonds is 3. The number of hydrogen-bond donors (Lipinski definition) is 0. The molecule has 0 unspecified atom stereocenters. The van der Waals surface area contributed by atoms with Gasteiger partial charge in [0.1, 0.15) is 6.67 Å². The van der Waals surface area contributed by atoms with E-state index < -0.39 is 6.67 Å². The molecule has 2 aromatic rings. The van der Waals surface area contributed by atoms with Gasteiger partial charge in [0.2, 0.25) is 0 Å². The summed E-state index contributed by atoms with van der Waals surface area (Å²) < 4.78 is 12.4. The SMILES string of the molecule is FCc1cccc(Cc2[c-]cccc2)n1.[Ir]. The summed E-state index contributed by atoms with van der Waals surface area (Å²) in [5, 5.41) is 0. The van der Waals surface area contributed by atoms with Crippen LogP contribution in [0.15, 0.2) is 42.5 Å². The first-order valence-electron chi connectivity index (χ1n) is 4.85. The number of nitrogens with zero attached hydrogens (tertiary/aromatic N) is 1. The maximum Gasteiger partial charge on any atom is 0.131 e. The van der Waals surface area contributed by atoms with Gasteiger partial charge in [-0.2, -0.15) is 35.9 Å². The Morgan fingerprint density at radius 2 is 1.88 bits per heavy atom. The van der Waals surface area contributed by atoms with E-state index in [0.717, 1.165) is 11.3 Å². The van der Waals surface area contributed by atoms with E-state index in [2.05, 4.69) is 11.1 Å². The first-order chi connectivity index (χ1) is 7.38. The molecule has 1 nitrogen and oxygen atoms in total. The van der Waals surface area contributed by atoms with E-state index in [9.17, 15) is 4.39 Å². The van der Waals surface area contributed by atoms with Gasteiger partial charge in [-0.1, -0.05) is 6.07 Å². The van der Waals surface area contributed by atoms with Gasteiger partial charge >= 0.3 is 0 Å². The van der Waals surface area contributed by atoms with Gasteiger partial charge in [0.25, 0.3) is 0 Å². The van der Waals surface area contributed by atoms with Crippen molar-refractivity contribution in [2.45, 2.75) is 13.1 Å². The van der Waals surface area contributed by atoms with Crippen LogP contribution in [0.4, 0.5) is 4.39 Å². The second kappa shape index (κ2) is 6.51. The van der Waals surface area contributed by atoms with Crippen LogP contribution >= 0.6 is 0 Å². The van der Waals surface area contributed by atoms with Crippen molar-refractivity contribution in [3.63, 3.8) is 0 Å². The molecule has 3 heteroatoms. The third-order valence-electron chi connectivity index (χ3n) is 2.15. The molecular formula is C13H11FIrN-. The second-order valence-electron chi connectivity index (χ2n) is 3.32. The minimum absolute atomic E-state index is 0. The third-order valence-corrected chi connectivity index (χ3v) is 2.15. The summed E-state index contributed by atoms with van der Waals surface area (Å²) in [7, 11) is 0. The molecule has 0 aliphatic rings. The summed E-state index contributed by atoms with van der Waals surface area (Å²) in [5.74, 6) is 0. The Hall–Kier alpha value is -1.05. The summed E-state index contributed by atoms with van der Waals surface area (Å²) in [4.78, 5) is 4.19. The largest absolute Gasteiger partial charge is 0.255 e. The topological polar surface area (TPSA) is 12.9 Å². The predicted octanol–water partition coefficient (Wildman–Crippen LogP) is 2.94. The Morgan fingerprint density at radius 3 is 2.56 bits per heavy atom. The van der Waals surface area contributed by atoms with Crippen molar-refractivity contribution in [3.05, 3.63) is 65.5 Å². The molecule has 0 saturated carbocycles. The maximum atomic E-state index is 12.4. The van der Waals surface area contributed by atoms with Crippen molar-refractivity contribution >= 4 is 0 Å². The van der Waals surface area contributed by atoms with Crippen molar-refractivity contribution in [3.8, 4) is 0 Å². The van der Waals surface area contributed by atoms with Crippen LogP contribution in [0, 0.1) is 6.07 Å². The van der Waals surface area contributed by atoms with Crippen LogP contribution in [0.2, 0.25) is 0 Å². The fourth-order valence-corrected chi connectivity index (χ4v) is 1.44. The van der Waals surface area contributed by atoms with Crippen LogP contribution in [0.3, 0.4) is 0 Å². The zero-order valence-corrected chi connectivity index (χ0v) is 11.0. The van der Waals surface area contributed by atoms with Crippen molar-refractivity contribution in [2.24, 2.45) is 0 Å². The molecule has 0 bridgehead atoms. The van der Waals surface area contributed by atoms with Crippen LogP contribution in [0.1, 0.15) is 17.0 Å². The van der Waals surface area contributed by atoms with Crippen molar-refractivity contribution in [1.82, 2.24) is 4.98 Å². The molecular weight excluding hydrogens is 381 g/mol. The van der Waals surface area contributed by atoms with Gasteiger partial charge < -0.3 is 0 Å². The minimum atomic E-state index is -0.508. The maximum absolute atomic E-state index is 12.4. The molecule has 0 N–H and O–H groups in total. The fraction of sp³-hybridized carbons (Fsp3) is 0.154. The Labute approximate surface area is 108 Å². The number of hydrogen-bond acceptors (Lipinski definition) is 1. The Morgan fingerprint density at radius 1 is 1.06 bits per heavy atom.